The zero-order valence-electron chi connectivity index (χ0n) is 12.5. The van der Waals surface area contributed by atoms with Crippen LogP contribution in [0.15, 0.2) is 18.2 Å². The van der Waals surface area contributed by atoms with Crippen LogP contribution in [-0.2, 0) is 4.74 Å². The molecule has 0 amide bonds. The maximum atomic E-state index is 5.46. The molecule has 19 heavy (non-hydrogen) atoms. The molecule has 0 bridgehead atoms. The number of hydrogen-bond donors (Lipinski definition) is 1. The molecule has 0 spiro atoms. The minimum absolute atomic E-state index is 0.177. The summed E-state index contributed by atoms with van der Waals surface area (Å²) in [4.78, 5) is 0. The van der Waals surface area contributed by atoms with Crippen LogP contribution in [0.4, 0.5) is 0 Å². The predicted molar refractivity (Wildman–Crippen MR) is 77.0 cm³/mol. The van der Waals surface area contributed by atoms with Gasteiger partial charge in [0, 0.05) is 19.8 Å². The van der Waals surface area contributed by atoms with E-state index in [1.54, 1.807) is 21.3 Å². The summed E-state index contributed by atoms with van der Waals surface area (Å²) in [6.45, 7) is 2.92. The summed E-state index contributed by atoms with van der Waals surface area (Å²) in [5, 5.41) is 3.34. The van der Waals surface area contributed by atoms with E-state index >= 15 is 0 Å². The minimum Gasteiger partial charge on any atom is -0.496 e. The SMILES string of the molecule is CNC(CC(C)COC)c1c(OC)cccc1OC. The molecule has 4 nitrogen and oxygen atoms in total. The Hall–Kier alpha value is -1.26. The van der Waals surface area contributed by atoms with Crippen LogP contribution < -0.4 is 14.8 Å². The van der Waals surface area contributed by atoms with E-state index in [1.165, 1.54) is 0 Å². The maximum Gasteiger partial charge on any atom is 0.127 e. The molecule has 0 aliphatic heterocycles. The molecule has 0 saturated heterocycles. The lowest BCUT2D eigenvalue weighted by Crippen LogP contribution is -2.22. The highest BCUT2D eigenvalue weighted by Gasteiger charge is 2.21. The zero-order valence-corrected chi connectivity index (χ0v) is 12.5. The van der Waals surface area contributed by atoms with Gasteiger partial charge in [-0.05, 0) is 31.5 Å². The normalized spacial score (nSPS) is 13.9. The average molecular weight is 267 g/mol. The quantitative estimate of drug-likeness (QED) is 0.786. The van der Waals surface area contributed by atoms with Crippen LogP contribution in [0.3, 0.4) is 0 Å². The first kappa shape index (κ1) is 15.8. The van der Waals surface area contributed by atoms with Crippen molar-refractivity contribution in [1.29, 1.82) is 0 Å². The van der Waals surface area contributed by atoms with Crippen molar-refractivity contribution < 1.29 is 14.2 Å². The molecule has 0 heterocycles. The van der Waals surface area contributed by atoms with Gasteiger partial charge in [-0.1, -0.05) is 13.0 Å². The van der Waals surface area contributed by atoms with E-state index in [1.807, 2.05) is 25.2 Å². The fourth-order valence-corrected chi connectivity index (χ4v) is 2.36. The Labute approximate surface area is 116 Å². The monoisotopic (exact) mass is 267 g/mol. The summed E-state index contributed by atoms with van der Waals surface area (Å²) in [6, 6.07) is 6.04. The van der Waals surface area contributed by atoms with Gasteiger partial charge in [-0.2, -0.15) is 0 Å². The molecule has 1 rings (SSSR count). The molecule has 2 unspecified atom stereocenters. The van der Waals surface area contributed by atoms with E-state index in [-0.39, 0.29) is 6.04 Å². The van der Waals surface area contributed by atoms with Crippen LogP contribution in [0.25, 0.3) is 0 Å². The molecular formula is C15H25NO3. The van der Waals surface area contributed by atoms with Crippen LogP contribution in [0.2, 0.25) is 0 Å². The van der Waals surface area contributed by atoms with Gasteiger partial charge in [0.2, 0.25) is 0 Å². The largest absolute Gasteiger partial charge is 0.496 e. The first-order valence-electron chi connectivity index (χ1n) is 6.55. The lowest BCUT2D eigenvalue weighted by atomic mass is 9.95. The fraction of sp³-hybridized carbons (Fsp3) is 0.600. The molecule has 1 aromatic rings. The smallest absolute Gasteiger partial charge is 0.127 e. The van der Waals surface area contributed by atoms with Crippen LogP contribution in [0.5, 0.6) is 11.5 Å². The molecule has 0 saturated carbocycles. The maximum absolute atomic E-state index is 5.46. The van der Waals surface area contributed by atoms with Gasteiger partial charge in [0.1, 0.15) is 11.5 Å². The molecule has 108 valence electrons. The second kappa shape index (κ2) is 8.02. The number of rotatable bonds is 8. The van der Waals surface area contributed by atoms with E-state index in [4.69, 9.17) is 14.2 Å². The Morgan fingerprint density at radius 2 is 1.68 bits per heavy atom. The summed E-state index contributed by atoms with van der Waals surface area (Å²) in [7, 11) is 7.05. The number of ether oxygens (including phenoxy) is 3. The van der Waals surface area contributed by atoms with E-state index in [9.17, 15) is 0 Å². The summed E-state index contributed by atoms with van der Waals surface area (Å²) in [5.41, 5.74) is 1.07. The van der Waals surface area contributed by atoms with Gasteiger partial charge >= 0.3 is 0 Å². The molecule has 4 heteroatoms. The molecule has 0 aliphatic carbocycles. The van der Waals surface area contributed by atoms with Crippen molar-refractivity contribution in [2.24, 2.45) is 5.92 Å². The lowest BCUT2D eigenvalue weighted by molar-refractivity contribution is 0.149. The van der Waals surface area contributed by atoms with Gasteiger partial charge in [0.05, 0.1) is 19.8 Å². The first-order valence-corrected chi connectivity index (χ1v) is 6.55. The minimum atomic E-state index is 0.177. The number of nitrogens with one attached hydrogen (secondary N) is 1. The second-order valence-corrected chi connectivity index (χ2v) is 4.71. The van der Waals surface area contributed by atoms with Crippen LogP contribution in [-0.4, -0.2) is 35.0 Å². The van der Waals surface area contributed by atoms with Crippen molar-refractivity contribution in [3.8, 4) is 11.5 Å². The van der Waals surface area contributed by atoms with Gasteiger partial charge in [-0.25, -0.2) is 0 Å². The Kier molecular flexibility index (Phi) is 6.67. The molecule has 0 aromatic heterocycles. The molecular weight excluding hydrogens is 242 g/mol. The zero-order chi connectivity index (χ0) is 14.3. The Morgan fingerprint density at radius 1 is 1.11 bits per heavy atom. The first-order chi connectivity index (χ1) is 9.17. The molecule has 1 aromatic carbocycles. The Bertz CT molecular complexity index is 359. The summed E-state index contributed by atoms with van der Waals surface area (Å²) < 4.78 is 16.1. The van der Waals surface area contributed by atoms with Gasteiger partial charge < -0.3 is 19.5 Å². The third kappa shape index (κ3) is 4.11. The van der Waals surface area contributed by atoms with Gasteiger partial charge in [0.15, 0.2) is 0 Å². The highest BCUT2D eigenvalue weighted by molar-refractivity contribution is 5.47. The third-order valence-corrected chi connectivity index (χ3v) is 3.25. The van der Waals surface area contributed by atoms with Gasteiger partial charge in [0.25, 0.3) is 0 Å². The van der Waals surface area contributed by atoms with Crippen molar-refractivity contribution in [2.45, 2.75) is 19.4 Å². The molecule has 1 N–H and O–H groups in total. The summed E-state index contributed by atoms with van der Waals surface area (Å²) in [6.07, 6.45) is 0.959. The standard InChI is InChI=1S/C15H25NO3/c1-11(10-17-3)9-12(16-2)15-13(18-4)7-6-8-14(15)19-5/h6-8,11-12,16H,9-10H2,1-5H3. The number of benzene rings is 1. The lowest BCUT2D eigenvalue weighted by Gasteiger charge is -2.24. The Morgan fingerprint density at radius 3 is 2.11 bits per heavy atom. The van der Waals surface area contributed by atoms with Crippen LogP contribution in [0.1, 0.15) is 24.9 Å². The number of hydrogen-bond acceptors (Lipinski definition) is 4. The highest BCUT2D eigenvalue weighted by atomic mass is 16.5. The fourth-order valence-electron chi connectivity index (χ4n) is 2.36. The topological polar surface area (TPSA) is 39.7 Å². The van der Waals surface area contributed by atoms with Crippen LogP contribution >= 0.6 is 0 Å². The third-order valence-electron chi connectivity index (χ3n) is 3.25. The average Bonchev–Trinajstić information content (AvgIpc) is 2.44. The van der Waals surface area contributed by atoms with Crippen molar-refractivity contribution >= 4 is 0 Å². The molecule has 0 aliphatic rings. The van der Waals surface area contributed by atoms with E-state index in [0.717, 1.165) is 30.1 Å². The van der Waals surface area contributed by atoms with E-state index < -0.39 is 0 Å². The van der Waals surface area contributed by atoms with Crippen molar-refractivity contribution in [3.05, 3.63) is 23.8 Å². The summed E-state index contributed by atoms with van der Waals surface area (Å²) in [5.74, 6) is 2.16. The summed E-state index contributed by atoms with van der Waals surface area (Å²) >= 11 is 0. The molecule has 2 atom stereocenters. The van der Waals surface area contributed by atoms with Crippen LogP contribution in [0, 0.1) is 5.92 Å². The molecule has 0 fully saturated rings. The van der Waals surface area contributed by atoms with Crippen molar-refractivity contribution in [3.63, 3.8) is 0 Å². The Balaban J connectivity index is 3.02. The molecule has 0 radical (unpaired) electrons. The highest BCUT2D eigenvalue weighted by Crippen LogP contribution is 2.36. The van der Waals surface area contributed by atoms with Crippen molar-refractivity contribution in [2.75, 3.05) is 35.0 Å². The second-order valence-electron chi connectivity index (χ2n) is 4.71. The van der Waals surface area contributed by atoms with E-state index in [0.29, 0.717) is 5.92 Å². The number of methoxy groups -OCH3 is 3. The predicted octanol–water partition coefficient (Wildman–Crippen LogP) is 2.64. The van der Waals surface area contributed by atoms with Gasteiger partial charge in [-0.15, -0.1) is 0 Å². The van der Waals surface area contributed by atoms with E-state index in [2.05, 4.69) is 12.2 Å². The van der Waals surface area contributed by atoms with Gasteiger partial charge in [-0.3, -0.25) is 0 Å². The van der Waals surface area contributed by atoms with Crippen molar-refractivity contribution in [1.82, 2.24) is 5.32 Å².